The van der Waals surface area contributed by atoms with Crippen molar-refractivity contribution >= 4 is 11.6 Å². The molecule has 0 bridgehead atoms. The highest BCUT2D eigenvalue weighted by molar-refractivity contribution is 5.73. The summed E-state index contributed by atoms with van der Waals surface area (Å²) in [6.45, 7) is 5.41. The van der Waals surface area contributed by atoms with E-state index in [1.807, 2.05) is 19.2 Å². The molecule has 0 aliphatic carbocycles. The molecule has 0 unspecified atom stereocenters. The van der Waals surface area contributed by atoms with E-state index in [0.717, 1.165) is 18.7 Å². The van der Waals surface area contributed by atoms with E-state index in [1.54, 1.807) is 11.8 Å². The van der Waals surface area contributed by atoms with Crippen LogP contribution in [0.1, 0.15) is 32.3 Å². The average molecular weight is 234 g/mol. The van der Waals surface area contributed by atoms with E-state index in [0.29, 0.717) is 6.54 Å². The molecule has 1 amide bonds. The summed E-state index contributed by atoms with van der Waals surface area (Å²) in [5, 5.41) is 3.42. The first-order valence-corrected chi connectivity index (χ1v) is 6.18. The van der Waals surface area contributed by atoms with Crippen molar-refractivity contribution in [1.82, 2.24) is 4.90 Å². The van der Waals surface area contributed by atoms with Crippen molar-refractivity contribution in [3.63, 3.8) is 0 Å². The average Bonchev–Trinajstić information content (AvgIpc) is 2.31. The van der Waals surface area contributed by atoms with Gasteiger partial charge in [0.1, 0.15) is 0 Å². The largest absolute Gasteiger partial charge is 0.385 e. The summed E-state index contributed by atoms with van der Waals surface area (Å²) >= 11 is 0. The van der Waals surface area contributed by atoms with E-state index < -0.39 is 0 Å². The van der Waals surface area contributed by atoms with Crippen LogP contribution in [0, 0.1) is 0 Å². The van der Waals surface area contributed by atoms with E-state index >= 15 is 0 Å². The molecular weight excluding hydrogens is 212 g/mol. The van der Waals surface area contributed by atoms with Crippen molar-refractivity contribution in [2.24, 2.45) is 0 Å². The van der Waals surface area contributed by atoms with Gasteiger partial charge in [0.25, 0.3) is 0 Å². The van der Waals surface area contributed by atoms with Crippen LogP contribution < -0.4 is 5.32 Å². The molecule has 0 saturated carbocycles. The molecule has 0 spiro atoms. The lowest BCUT2D eigenvalue weighted by Gasteiger charge is -2.18. The highest BCUT2D eigenvalue weighted by Crippen LogP contribution is 2.16. The maximum absolute atomic E-state index is 11.2. The van der Waals surface area contributed by atoms with Crippen LogP contribution in [0.5, 0.6) is 0 Å². The first-order chi connectivity index (χ1) is 8.15. The van der Waals surface area contributed by atoms with Gasteiger partial charge in [-0.05, 0) is 18.1 Å². The van der Waals surface area contributed by atoms with Gasteiger partial charge in [0.2, 0.25) is 5.91 Å². The molecule has 1 aromatic rings. The van der Waals surface area contributed by atoms with Gasteiger partial charge in [-0.3, -0.25) is 4.79 Å². The van der Waals surface area contributed by atoms with E-state index in [9.17, 15) is 4.79 Å². The molecular formula is C14H22N2O. The molecule has 3 nitrogen and oxygen atoms in total. The number of benzene rings is 1. The third kappa shape index (κ3) is 4.47. The smallest absolute Gasteiger partial charge is 0.219 e. The van der Waals surface area contributed by atoms with Gasteiger partial charge in [-0.25, -0.2) is 0 Å². The molecule has 0 aliphatic rings. The molecule has 0 heterocycles. The summed E-state index contributed by atoms with van der Waals surface area (Å²) in [7, 11) is 1.82. The van der Waals surface area contributed by atoms with Gasteiger partial charge in [-0.1, -0.05) is 31.5 Å². The zero-order chi connectivity index (χ0) is 12.7. The van der Waals surface area contributed by atoms with Gasteiger partial charge in [0.05, 0.1) is 0 Å². The second-order valence-corrected chi connectivity index (χ2v) is 4.31. The van der Waals surface area contributed by atoms with E-state index in [2.05, 4.69) is 24.4 Å². The molecule has 17 heavy (non-hydrogen) atoms. The maximum atomic E-state index is 11.2. The van der Waals surface area contributed by atoms with E-state index in [-0.39, 0.29) is 5.91 Å². The number of nitrogens with one attached hydrogen (secondary N) is 1. The zero-order valence-electron chi connectivity index (χ0n) is 11.0. The van der Waals surface area contributed by atoms with Crippen molar-refractivity contribution < 1.29 is 4.79 Å². The van der Waals surface area contributed by atoms with Crippen LogP contribution in [0.3, 0.4) is 0 Å². The fraction of sp³-hybridized carbons (Fsp3) is 0.500. The SMILES string of the molecule is CCCCNc1ccccc1CN(C)C(C)=O. The molecule has 3 heteroatoms. The Labute approximate surface area is 104 Å². The summed E-state index contributed by atoms with van der Waals surface area (Å²) in [4.78, 5) is 12.9. The quantitative estimate of drug-likeness (QED) is 0.768. The molecule has 1 rings (SSSR count). The number of hydrogen-bond donors (Lipinski definition) is 1. The highest BCUT2D eigenvalue weighted by atomic mass is 16.2. The molecule has 0 aliphatic heterocycles. The number of para-hydroxylation sites is 1. The van der Waals surface area contributed by atoms with Gasteiger partial charge in [0.15, 0.2) is 0 Å². The van der Waals surface area contributed by atoms with Gasteiger partial charge >= 0.3 is 0 Å². The van der Waals surface area contributed by atoms with Gasteiger partial charge in [-0.2, -0.15) is 0 Å². The molecule has 94 valence electrons. The minimum Gasteiger partial charge on any atom is -0.385 e. The van der Waals surface area contributed by atoms with Gasteiger partial charge < -0.3 is 10.2 Å². The Morgan fingerprint density at radius 1 is 1.35 bits per heavy atom. The van der Waals surface area contributed by atoms with Crippen molar-refractivity contribution in [3.05, 3.63) is 29.8 Å². The molecule has 0 saturated heterocycles. The minimum atomic E-state index is 0.0911. The second-order valence-electron chi connectivity index (χ2n) is 4.31. The summed E-state index contributed by atoms with van der Waals surface area (Å²) in [5.41, 5.74) is 2.30. The first-order valence-electron chi connectivity index (χ1n) is 6.18. The Bertz CT molecular complexity index is 363. The number of anilines is 1. The Morgan fingerprint density at radius 2 is 2.06 bits per heavy atom. The predicted octanol–water partition coefficient (Wildman–Crippen LogP) is 2.88. The van der Waals surface area contributed by atoms with Gasteiger partial charge in [-0.15, -0.1) is 0 Å². The third-order valence-electron chi connectivity index (χ3n) is 2.81. The number of carbonyl (C=O) groups is 1. The van der Waals surface area contributed by atoms with Crippen LogP contribution in [0.2, 0.25) is 0 Å². The number of amides is 1. The molecule has 0 aromatic heterocycles. The normalized spacial score (nSPS) is 10.1. The molecule has 0 atom stereocenters. The maximum Gasteiger partial charge on any atom is 0.219 e. The molecule has 1 N–H and O–H groups in total. The van der Waals surface area contributed by atoms with Crippen molar-refractivity contribution in [3.8, 4) is 0 Å². The number of hydrogen-bond acceptors (Lipinski definition) is 2. The monoisotopic (exact) mass is 234 g/mol. The fourth-order valence-corrected chi connectivity index (χ4v) is 1.60. The van der Waals surface area contributed by atoms with Crippen LogP contribution in [-0.2, 0) is 11.3 Å². The highest BCUT2D eigenvalue weighted by Gasteiger charge is 2.06. The number of unbranched alkanes of at least 4 members (excludes halogenated alkanes) is 1. The number of rotatable bonds is 6. The molecule has 0 radical (unpaired) electrons. The molecule has 1 aromatic carbocycles. The summed E-state index contributed by atoms with van der Waals surface area (Å²) in [5.74, 6) is 0.0911. The first kappa shape index (κ1) is 13.6. The molecule has 0 fully saturated rings. The Balaban J connectivity index is 2.66. The Morgan fingerprint density at radius 3 is 2.71 bits per heavy atom. The lowest BCUT2D eigenvalue weighted by Crippen LogP contribution is -2.23. The minimum absolute atomic E-state index is 0.0911. The predicted molar refractivity (Wildman–Crippen MR) is 72.0 cm³/mol. The topological polar surface area (TPSA) is 32.3 Å². The van der Waals surface area contributed by atoms with E-state index in [1.165, 1.54) is 12.0 Å². The summed E-state index contributed by atoms with van der Waals surface area (Å²) in [6, 6.07) is 8.16. The van der Waals surface area contributed by atoms with Crippen molar-refractivity contribution in [2.75, 3.05) is 18.9 Å². The second kappa shape index (κ2) is 6.94. The lowest BCUT2D eigenvalue weighted by atomic mass is 10.1. The fourth-order valence-electron chi connectivity index (χ4n) is 1.60. The van der Waals surface area contributed by atoms with Crippen molar-refractivity contribution in [1.29, 1.82) is 0 Å². The van der Waals surface area contributed by atoms with Crippen LogP contribution in [0.4, 0.5) is 5.69 Å². The lowest BCUT2D eigenvalue weighted by molar-refractivity contribution is -0.128. The van der Waals surface area contributed by atoms with Crippen LogP contribution in [-0.4, -0.2) is 24.4 Å². The van der Waals surface area contributed by atoms with Crippen LogP contribution >= 0.6 is 0 Å². The number of carbonyl (C=O) groups excluding carboxylic acids is 1. The summed E-state index contributed by atoms with van der Waals surface area (Å²) < 4.78 is 0. The van der Waals surface area contributed by atoms with Crippen molar-refractivity contribution in [2.45, 2.75) is 33.2 Å². The van der Waals surface area contributed by atoms with E-state index in [4.69, 9.17) is 0 Å². The standard InChI is InChI=1S/C14H22N2O/c1-4-5-10-15-14-9-7-6-8-13(14)11-16(3)12(2)17/h6-9,15H,4-5,10-11H2,1-3H3. The Hall–Kier alpha value is -1.51. The van der Waals surface area contributed by atoms with Crippen LogP contribution in [0.25, 0.3) is 0 Å². The Kier molecular flexibility index (Phi) is 5.53. The zero-order valence-corrected chi connectivity index (χ0v) is 11.0. The number of nitrogens with zero attached hydrogens (tertiary/aromatic N) is 1. The van der Waals surface area contributed by atoms with Gasteiger partial charge in [0, 0.05) is 32.7 Å². The third-order valence-corrected chi connectivity index (χ3v) is 2.81. The summed E-state index contributed by atoms with van der Waals surface area (Å²) in [6.07, 6.45) is 2.35. The van der Waals surface area contributed by atoms with Crippen LogP contribution in [0.15, 0.2) is 24.3 Å².